The number of carbonyl (C=O) groups is 4. The molecule has 3 fully saturated rings. The van der Waals surface area contributed by atoms with Gasteiger partial charge in [-0.2, -0.15) is 5.43 Å². The van der Waals surface area contributed by atoms with Gasteiger partial charge in [0, 0.05) is 29.9 Å². The minimum atomic E-state index is -0.680. The van der Waals surface area contributed by atoms with Gasteiger partial charge < -0.3 is 15.5 Å². The van der Waals surface area contributed by atoms with Crippen LogP contribution < -0.4 is 16.1 Å². The van der Waals surface area contributed by atoms with Gasteiger partial charge in [-0.3, -0.25) is 19.3 Å². The van der Waals surface area contributed by atoms with E-state index in [-0.39, 0.29) is 61.3 Å². The molecule has 5 amide bonds. The van der Waals surface area contributed by atoms with Gasteiger partial charge in [-0.05, 0) is 37.6 Å². The van der Waals surface area contributed by atoms with Crippen molar-refractivity contribution >= 4 is 35.1 Å². The molecule has 1 aliphatic carbocycles. The van der Waals surface area contributed by atoms with Crippen LogP contribution in [-0.4, -0.2) is 70.0 Å². The van der Waals surface area contributed by atoms with Crippen molar-refractivity contribution < 1.29 is 19.2 Å². The smallest absolute Gasteiger partial charge is 0.337 e. The monoisotopic (exact) mass is 490 g/mol. The largest absolute Gasteiger partial charge is 0.354 e. The Labute approximate surface area is 204 Å². The van der Waals surface area contributed by atoms with Crippen molar-refractivity contribution in [3.05, 3.63) is 22.4 Å². The fraction of sp³-hybridized carbons (Fsp3) is 0.652. The third kappa shape index (κ3) is 5.20. The minimum Gasteiger partial charge on any atom is -0.354 e. The Hall–Kier alpha value is -2.66. The number of hydrogen-bond donors (Lipinski definition) is 3. The first kappa shape index (κ1) is 24.5. The molecule has 0 spiro atoms. The van der Waals surface area contributed by atoms with E-state index in [9.17, 15) is 19.2 Å². The fourth-order valence-electron chi connectivity index (χ4n) is 4.92. The van der Waals surface area contributed by atoms with Crippen molar-refractivity contribution in [2.45, 2.75) is 77.3 Å². The Bertz CT molecular complexity index is 909. The van der Waals surface area contributed by atoms with Gasteiger partial charge in [0.2, 0.25) is 17.7 Å². The molecule has 4 rings (SSSR count). The summed E-state index contributed by atoms with van der Waals surface area (Å²) >= 11 is 1.55. The van der Waals surface area contributed by atoms with E-state index in [0.29, 0.717) is 6.54 Å². The number of fused-ring (bicyclic) bond motifs is 3. The Morgan fingerprint density at radius 1 is 1.24 bits per heavy atom. The van der Waals surface area contributed by atoms with Crippen LogP contribution >= 0.6 is 11.3 Å². The topological polar surface area (TPSA) is 114 Å². The van der Waals surface area contributed by atoms with Crippen molar-refractivity contribution in [2.75, 3.05) is 13.1 Å². The Morgan fingerprint density at radius 3 is 2.76 bits per heavy atom. The van der Waals surface area contributed by atoms with Crippen molar-refractivity contribution in [1.82, 2.24) is 30.9 Å². The van der Waals surface area contributed by atoms with Crippen LogP contribution in [0.25, 0.3) is 0 Å². The van der Waals surface area contributed by atoms with Crippen LogP contribution in [0.2, 0.25) is 0 Å². The molecule has 3 aliphatic rings. The predicted octanol–water partition coefficient (Wildman–Crippen LogP) is 1.60. The molecule has 11 heteroatoms. The summed E-state index contributed by atoms with van der Waals surface area (Å²) in [7, 11) is 0. The lowest BCUT2D eigenvalue weighted by Crippen LogP contribution is -2.66. The summed E-state index contributed by atoms with van der Waals surface area (Å²) in [5.41, 5.74) is 3.08. The van der Waals surface area contributed by atoms with E-state index in [4.69, 9.17) is 0 Å². The highest BCUT2D eigenvalue weighted by molar-refractivity contribution is 7.09. The highest BCUT2D eigenvalue weighted by Gasteiger charge is 2.54. The molecular weight excluding hydrogens is 456 g/mol. The Kier molecular flexibility index (Phi) is 7.72. The number of nitrogens with zero attached hydrogens (tertiary/aromatic N) is 3. The predicted molar refractivity (Wildman–Crippen MR) is 127 cm³/mol. The number of hydrogen-bond acceptors (Lipinski definition) is 6. The van der Waals surface area contributed by atoms with Crippen LogP contribution in [0.4, 0.5) is 4.79 Å². The standard InChI is InChI=1S/C23H34N6O4S/c1-3-15(2)25-19(30)10-11-27-21(32)17-8-4-5-9-18(17)29-22(27)26-28(23(29)33)14-20(31)24-13-16-7-6-12-34-16/h6-7,12,15,17-18,22,26H,3-5,8-11,13-14H2,1-2H3,(H,24,31)(H,25,30). The van der Waals surface area contributed by atoms with Crippen LogP contribution in [0.3, 0.4) is 0 Å². The van der Waals surface area contributed by atoms with E-state index in [1.807, 2.05) is 31.4 Å². The highest BCUT2D eigenvalue weighted by Crippen LogP contribution is 2.38. The SMILES string of the molecule is CCC(C)NC(=O)CCN1C(=O)C2CCCCC2N2C(=O)N(CC(=O)NCc3cccs3)NC12. The Morgan fingerprint density at radius 2 is 2.03 bits per heavy atom. The molecular formula is C23H34N6O4S. The first-order valence-corrected chi connectivity index (χ1v) is 13.0. The molecule has 0 bridgehead atoms. The van der Waals surface area contributed by atoms with Crippen LogP contribution in [0.5, 0.6) is 0 Å². The lowest BCUT2D eigenvalue weighted by atomic mass is 9.81. The number of thiophene rings is 1. The zero-order valence-electron chi connectivity index (χ0n) is 19.8. The third-order valence-electron chi connectivity index (χ3n) is 6.91. The Balaban J connectivity index is 1.44. The second kappa shape index (κ2) is 10.7. The first-order chi connectivity index (χ1) is 16.4. The molecule has 10 nitrogen and oxygen atoms in total. The second-order valence-electron chi connectivity index (χ2n) is 9.25. The van der Waals surface area contributed by atoms with Crippen LogP contribution in [0, 0.1) is 5.92 Å². The minimum absolute atomic E-state index is 0.0217. The summed E-state index contributed by atoms with van der Waals surface area (Å²) in [4.78, 5) is 56.0. The van der Waals surface area contributed by atoms with Crippen LogP contribution in [-0.2, 0) is 20.9 Å². The van der Waals surface area contributed by atoms with Crippen LogP contribution in [0.15, 0.2) is 17.5 Å². The molecule has 4 atom stereocenters. The fourth-order valence-corrected chi connectivity index (χ4v) is 5.57. The number of amides is 5. The quantitative estimate of drug-likeness (QED) is 0.487. The maximum atomic E-state index is 13.4. The molecule has 186 valence electrons. The molecule has 2 saturated heterocycles. The second-order valence-corrected chi connectivity index (χ2v) is 10.3. The van der Waals surface area contributed by atoms with Gasteiger partial charge in [0.05, 0.1) is 12.5 Å². The van der Waals surface area contributed by atoms with Crippen molar-refractivity contribution in [3.63, 3.8) is 0 Å². The average Bonchev–Trinajstić information content (AvgIpc) is 3.46. The lowest BCUT2D eigenvalue weighted by molar-refractivity contribution is -0.156. The zero-order valence-corrected chi connectivity index (χ0v) is 20.6. The molecule has 3 heterocycles. The number of nitrogens with one attached hydrogen (secondary N) is 3. The molecule has 1 aromatic rings. The van der Waals surface area contributed by atoms with E-state index < -0.39 is 6.29 Å². The van der Waals surface area contributed by atoms with Gasteiger partial charge in [-0.1, -0.05) is 25.8 Å². The maximum Gasteiger partial charge on any atom is 0.337 e. The van der Waals surface area contributed by atoms with E-state index >= 15 is 0 Å². The van der Waals surface area contributed by atoms with E-state index in [1.54, 1.807) is 21.1 Å². The first-order valence-electron chi connectivity index (χ1n) is 12.1. The summed E-state index contributed by atoms with van der Waals surface area (Å²) in [6, 6.07) is 3.45. The van der Waals surface area contributed by atoms with Gasteiger partial charge in [-0.25, -0.2) is 9.80 Å². The molecule has 2 aliphatic heterocycles. The summed E-state index contributed by atoms with van der Waals surface area (Å²) in [6.45, 7) is 4.41. The van der Waals surface area contributed by atoms with Gasteiger partial charge in [0.25, 0.3) is 0 Å². The normalized spacial score (nSPS) is 25.1. The third-order valence-corrected chi connectivity index (χ3v) is 7.79. The van der Waals surface area contributed by atoms with Crippen LogP contribution in [0.1, 0.15) is 57.2 Å². The van der Waals surface area contributed by atoms with E-state index in [0.717, 1.165) is 37.0 Å². The summed E-state index contributed by atoms with van der Waals surface area (Å²) < 4.78 is 0. The molecule has 4 unspecified atom stereocenters. The van der Waals surface area contributed by atoms with Gasteiger partial charge in [0.15, 0.2) is 6.29 Å². The zero-order chi connectivity index (χ0) is 24.2. The van der Waals surface area contributed by atoms with Gasteiger partial charge >= 0.3 is 6.03 Å². The van der Waals surface area contributed by atoms with Gasteiger partial charge in [-0.15, -0.1) is 11.3 Å². The summed E-state index contributed by atoms with van der Waals surface area (Å²) in [5, 5.41) is 9.01. The molecule has 1 aromatic heterocycles. The number of hydrazine groups is 1. The van der Waals surface area contributed by atoms with Crippen molar-refractivity contribution in [3.8, 4) is 0 Å². The lowest BCUT2D eigenvalue weighted by Gasteiger charge is -2.48. The average molecular weight is 491 g/mol. The summed E-state index contributed by atoms with van der Waals surface area (Å²) in [6.07, 6.45) is 3.72. The molecule has 0 aromatic carbocycles. The van der Waals surface area contributed by atoms with E-state index in [2.05, 4.69) is 16.1 Å². The molecule has 0 radical (unpaired) electrons. The van der Waals surface area contributed by atoms with Crippen molar-refractivity contribution in [1.29, 1.82) is 0 Å². The highest BCUT2D eigenvalue weighted by atomic mass is 32.1. The molecule has 3 N–H and O–H groups in total. The molecule has 34 heavy (non-hydrogen) atoms. The van der Waals surface area contributed by atoms with E-state index in [1.165, 1.54) is 5.01 Å². The maximum absolute atomic E-state index is 13.4. The molecule has 1 saturated carbocycles. The van der Waals surface area contributed by atoms with Crippen molar-refractivity contribution in [2.24, 2.45) is 5.92 Å². The summed E-state index contributed by atoms with van der Waals surface area (Å²) in [5.74, 6) is -0.679. The van der Waals surface area contributed by atoms with Gasteiger partial charge in [0.1, 0.15) is 6.54 Å². The number of rotatable bonds is 9. The number of carbonyl (C=O) groups excluding carboxylic acids is 4. The number of urea groups is 1.